The third kappa shape index (κ3) is 3.74. The van der Waals surface area contributed by atoms with E-state index in [4.69, 9.17) is 0 Å². The number of thiophene rings is 1. The molecule has 3 aromatic rings. The lowest BCUT2D eigenvalue weighted by Gasteiger charge is -2.05. The fourth-order valence-corrected chi connectivity index (χ4v) is 3.41. The van der Waals surface area contributed by atoms with E-state index in [0.29, 0.717) is 5.75 Å². The quantitative estimate of drug-likeness (QED) is 0.703. The Labute approximate surface area is 130 Å². The second-order valence-electron chi connectivity index (χ2n) is 4.34. The maximum atomic E-state index is 11.9. The summed E-state index contributed by atoms with van der Waals surface area (Å²) in [6.07, 6.45) is 1.71. The molecule has 0 unspecified atom stereocenters. The Balaban J connectivity index is 1.56. The molecule has 1 amide bonds. The van der Waals surface area contributed by atoms with Gasteiger partial charge in [0.25, 0.3) is 0 Å². The average Bonchev–Trinajstić information content (AvgIpc) is 3.19. The fraction of sp³-hybridized carbons (Fsp3) is 0.0667. The molecule has 0 atom stereocenters. The standard InChI is InChI=1S/C15H13N3OS2/c19-15(10-21-13-6-8-20-9-13)17-12-3-1-11(2-4-12)14-5-7-16-18-14/h1-9H,10H2,(H,16,18)(H,17,19). The normalized spacial score (nSPS) is 10.5. The molecule has 2 N–H and O–H groups in total. The van der Waals surface area contributed by atoms with Crippen LogP contribution in [-0.4, -0.2) is 21.9 Å². The van der Waals surface area contributed by atoms with E-state index in [0.717, 1.165) is 21.8 Å². The zero-order chi connectivity index (χ0) is 14.5. The van der Waals surface area contributed by atoms with Crippen LogP contribution in [0.1, 0.15) is 0 Å². The molecule has 6 heteroatoms. The van der Waals surface area contributed by atoms with Gasteiger partial charge in [-0.15, -0.1) is 11.8 Å². The Morgan fingerprint density at radius 3 is 2.76 bits per heavy atom. The van der Waals surface area contributed by atoms with Crippen molar-refractivity contribution in [3.05, 3.63) is 53.4 Å². The first-order chi connectivity index (χ1) is 10.3. The number of nitrogens with zero attached hydrogens (tertiary/aromatic N) is 1. The van der Waals surface area contributed by atoms with Crippen molar-refractivity contribution in [3.8, 4) is 11.3 Å². The summed E-state index contributed by atoms with van der Waals surface area (Å²) in [5, 5.41) is 13.8. The summed E-state index contributed by atoms with van der Waals surface area (Å²) in [5.74, 6) is 0.416. The number of anilines is 1. The lowest BCUT2D eigenvalue weighted by molar-refractivity contribution is -0.113. The number of aromatic amines is 1. The number of benzene rings is 1. The molecule has 21 heavy (non-hydrogen) atoms. The van der Waals surface area contributed by atoms with Gasteiger partial charge < -0.3 is 5.32 Å². The third-order valence-electron chi connectivity index (χ3n) is 2.85. The Bertz CT molecular complexity index is 691. The molecule has 4 nitrogen and oxygen atoms in total. The number of nitrogens with one attached hydrogen (secondary N) is 2. The van der Waals surface area contributed by atoms with Crippen LogP contribution in [0.15, 0.2) is 58.3 Å². The molecule has 2 heterocycles. The van der Waals surface area contributed by atoms with Gasteiger partial charge in [-0.05, 0) is 35.2 Å². The van der Waals surface area contributed by atoms with Gasteiger partial charge in [-0.1, -0.05) is 12.1 Å². The summed E-state index contributed by atoms with van der Waals surface area (Å²) in [5.41, 5.74) is 2.80. The minimum atomic E-state index is 0.000454. The molecule has 0 saturated heterocycles. The minimum absolute atomic E-state index is 0.000454. The summed E-state index contributed by atoms with van der Waals surface area (Å²) in [4.78, 5) is 13.0. The van der Waals surface area contributed by atoms with Gasteiger partial charge in [0.05, 0.1) is 11.4 Å². The van der Waals surface area contributed by atoms with Crippen LogP contribution in [0.25, 0.3) is 11.3 Å². The van der Waals surface area contributed by atoms with Crippen LogP contribution < -0.4 is 5.32 Å². The van der Waals surface area contributed by atoms with Crippen LogP contribution in [0, 0.1) is 0 Å². The molecule has 0 spiro atoms. The Hall–Kier alpha value is -2.05. The van der Waals surface area contributed by atoms with Crippen LogP contribution >= 0.6 is 23.1 Å². The summed E-state index contributed by atoms with van der Waals surface area (Å²) in [7, 11) is 0. The molecule has 0 bridgehead atoms. The van der Waals surface area contributed by atoms with Crippen molar-refractivity contribution >= 4 is 34.7 Å². The van der Waals surface area contributed by atoms with Crippen LogP contribution in [0.4, 0.5) is 5.69 Å². The predicted octanol–water partition coefficient (Wildman–Crippen LogP) is 3.87. The van der Waals surface area contributed by atoms with Crippen LogP contribution in [-0.2, 0) is 4.79 Å². The Morgan fingerprint density at radius 2 is 2.10 bits per heavy atom. The van der Waals surface area contributed by atoms with Crippen molar-refractivity contribution in [2.75, 3.05) is 11.1 Å². The van der Waals surface area contributed by atoms with Crippen molar-refractivity contribution in [2.24, 2.45) is 0 Å². The highest BCUT2D eigenvalue weighted by molar-refractivity contribution is 8.00. The summed E-state index contributed by atoms with van der Waals surface area (Å²) in [6, 6.07) is 11.6. The Kier molecular flexibility index (Phi) is 4.37. The number of carbonyl (C=O) groups excluding carboxylic acids is 1. The number of amides is 1. The van der Waals surface area contributed by atoms with Gasteiger partial charge >= 0.3 is 0 Å². The molecule has 2 aromatic heterocycles. The number of H-pyrrole nitrogens is 1. The SMILES string of the molecule is O=C(CSc1ccsc1)Nc1ccc(-c2ccn[nH]2)cc1. The zero-order valence-electron chi connectivity index (χ0n) is 11.1. The molecule has 0 fully saturated rings. The van der Waals surface area contributed by atoms with Gasteiger partial charge in [0.15, 0.2) is 0 Å². The average molecular weight is 315 g/mol. The molecule has 3 rings (SSSR count). The van der Waals surface area contributed by atoms with Crippen molar-refractivity contribution in [2.45, 2.75) is 4.90 Å². The van der Waals surface area contributed by atoms with E-state index in [2.05, 4.69) is 15.5 Å². The summed E-state index contributed by atoms with van der Waals surface area (Å²) in [6.45, 7) is 0. The molecule has 0 saturated carbocycles. The van der Waals surface area contributed by atoms with E-state index < -0.39 is 0 Å². The number of hydrogen-bond donors (Lipinski definition) is 2. The first-order valence-corrected chi connectivity index (χ1v) is 8.29. The maximum absolute atomic E-state index is 11.9. The lowest BCUT2D eigenvalue weighted by atomic mass is 10.1. The smallest absolute Gasteiger partial charge is 0.234 e. The van der Waals surface area contributed by atoms with E-state index in [1.807, 2.05) is 47.2 Å². The number of carbonyl (C=O) groups is 1. The van der Waals surface area contributed by atoms with Gasteiger partial charge in [-0.3, -0.25) is 9.89 Å². The van der Waals surface area contributed by atoms with E-state index in [1.165, 1.54) is 0 Å². The first-order valence-electron chi connectivity index (χ1n) is 6.36. The van der Waals surface area contributed by atoms with Crippen LogP contribution in [0.2, 0.25) is 0 Å². The molecule has 0 aliphatic rings. The molecule has 0 radical (unpaired) electrons. The van der Waals surface area contributed by atoms with Gasteiger partial charge in [-0.25, -0.2) is 0 Å². The van der Waals surface area contributed by atoms with Crippen molar-refractivity contribution in [1.82, 2.24) is 10.2 Å². The Morgan fingerprint density at radius 1 is 1.24 bits per heavy atom. The topological polar surface area (TPSA) is 57.8 Å². The minimum Gasteiger partial charge on any atom is -0.325 e. The van der Waals surface area contributed by atoms with E-state index in [-0.39, 0.29) is 5.91 Å². The van der Waals surface area contributed by atoms with Crippen molar-refractivity contribution < 1.29 is 4.79 Å². The number of thioether (sulfide) groups is 1. The predicted molar refractivity (Wildman–Crippen MR) is 87.7 cm³/mol. The number of hydrogen-bond acceptors (Lipinski definition) is 4. The summed E-state index contributed by atoms with van der Waals surface area (Å²) >= 11 is 3.18. The molecular formula is C15H13N3OS2. The highest BCUT2D eigenvalue weighted by Gasteiger charge is 2.05. The third-order valence-corrected chi connectivity index (χ3v) is 4.67. The second-order valence-corrected chi connectivity index (χ2v) is 6.17. The molecular weight excluding hydrogens is 302 g/mol. The van der Waals surface area contributed by atoms with Gasteiger partial charge in [0.2, 0.25) is 5.91 Å². The van der Waals surface area contributed by atoms with Gasteiger partial charge in [0.1, 0.15) is 0 Å². The molecule has 0 aliphatic heterocycles. The second kappa shape index (κ2) is 6.60. The van der Waals surface area contributed by atoms with Crippen LogP contribution in [0.3, 0.4) is 0 Å². The number of aromatic nitrogens is 2. The van der Waals surface area contributed by atoms with E-state index >= 15 is 0 Å². The maximum Gasteiger partial charge on any atom is 0.234 e. The largest absolute Gasteiger partial charge is 0.325 e. The van der Waals surface area contributed by atoms with Crippen molar-refractivity contribution in [3.63, 3.8) is 0 Å². The highest BCUT2D eigenvalue weighted by atomic mass is 32.2. The van der Waals surface area contributed by atoms with E-state index in [9.17, 15) is 4.79 Å². The fourth-order valence-electron chi connectivity index (χ4n) is 1.83. The van der Waals surface area contributed by atoms with Gasteiger partial charge in [0, 0.05) is 22.2 Å². The molecule has 1 aromatic carbocycles. The van der Waals surface area contributed by atoms with Crippen molar-refractivity contribution in [1.29, 1.82) is 0 Å². The number of rotatable bonds is 5. The molecule has 106 valence electrons. The van der Waals surface area contributed by atoms with E-state index in [1.54, 1.807) is 29.3 Å². The van der Waals surface area contributed by atoms with Gasteiger partial charge in [-0.2, -0.15) is 16.4 Å². The molecule has 0 aliphatic carbocycles. The first kappa shape index (κ1) is 13.9. The monoisotopic (exact) mass is 315 g/mol. The lowest BCUT2D eigenvalue weighted by Crippen LogP contribution is -2.13. The summed E-state index contributed by atoms with van der Waals surface area (Å²) < 4.78 is 0. The highest BCUT2D eigenvalue weighted by Crippen LogP contribution is 2.22. The zero-order valence-corrected chi connectivity index (χ0v) is 12.7. The van der Waals surface area contributed by atoms with Crippen LogP contribution in [0.5, 0.6) is 0 Å².